The van der Waals surface area contributed by atoms with Crippen molar-refractivity contribution in [2.45, 2.75) is 10.3 Å². The molecule has 0 radical (unpaired) electrons. The molecule has 176 valence electrons. The quantitative estimate of drug-likeness (QED) is 0.327. The van der Waals surface area contributed by atoms with E-state index in [0.717, 1.165) is 0 Å². The van der Waals surface area contributed by atoms with Crippen LogP contribution in [0.5, 0.6) is 0 Å². The number of nitrogens with zero attached hydrogens (tertiary/aromatic N) is 1. The Morgan fingerprint density at radius 3 is 2.18 bits per heavy atom. The van der Waals surface area contributed by atoms with Gasteiger partial charge in [0, 0.05) is 34.4 Å². The molecule has 2 unspecified atom stereocenters. The highest BCUT2D eigenvalue weighted by Crippen LogP contribution is 2.65. The summed E-state index contributed by atoms with van der Waals surface area (Å²) < 4.78 is 11.8. The highest BCUT2D eigenvalue weighted by molar-refractivity contribution is 6.53. The van der Waals surface area contributed by atoms with E-state index in [0.29, 0.717) is 27.0 Å². The van der Waals surface area contributed by atoms with Crippen LogP contribution in [0.25, 0.3) is 0 Å². The monoisotopic (exact) mass is 558 g/mol. The third-order valence-electron chi connectivity index (χ3n) is 5.58. The molecule has 3 aromatic carbocycles. The summed E-state index contributed by atoms with van der Waals surface area (Å²) in [5.74, 6) is -2.54. The van der Waals surface area contributed by atoms with E-state index in [1.54, 1.807) is 31.3 Å². The number of amides is 2. The largest absolute Gasteiger partial charge is 0.322 e. The summed E-state index contributed by atoms with van der Waals surface area (Å²) in [5.41, 5.74) is 1.61. The molecule has 0 saturated heterocycles. The van der Waals surface area contributed by atoms with Crippen LogP contribution in [0.1, 0.15) is 21.8 Å². The Labute approximate surface area is 220 Å². The van der Waals surface area contributed by atoms with E-state index in [-0.39, 0.29) is 16.5 Å². The van der Waals surface area contributed by atoms with Gasteiger partial charge in [0.1, 0.15) is 10.2 Å². The smallest absolute Gasteiger partial charge is 0.257 e. The zero-order valence-corrected chi connectivity index (χ0v) is 21.2. The summed E-state index contributed by atoms with van der Waals surface area (Å²) in [6, 6.07) is 14.8. The summed E-state index contributed by atoms with van der Waals surface area (Å²) >= 11 is 31.3. The van der Waals surface area contributed by atoms with Crippen molar-refractivity contribution >= 4 is 81.2 Å². The average Bonchev–Trinajstić information content (AvgIpc) is 3.35. The van der Waals surface area contributed by atoms with E-state index >= 15 is 0 Å². The van der Waals surface area contributed by atoms with Gasteiger partial charge >= 0.3 is 0 Å². The predicted octanol–water partition coefficient (Wildman–Crippen LogP) is 7.59. The summed E-state index contributed by atoms with van der Waals surface area (Å²) in [5, 5.41) is 3.65. The number of benzene rings is 3. The lowest BCUT2D eigenvalue weighted by Gasteiger charge is -2.19. The molecule has 2 amide bonds. The normalized spacial score (nSPS) is 18.3. The first-order valence-electron chi connectivity index (χ1n) is 9.97. The fourth-order valence-electron chi connectivity index (χ4n) is 3.77. The zero-order valence-electron chi connectivity index (χ0n) is 17.5. The van der Waals surface area contributed by atoms with Crippen LogP contribution >= 0.6 is 58.0 Å². The van der Waals surface area contributed by atoms with Crippen LogP contribution in [0.2, 0.25) is 15.1 Å². The highest BCUT2D eigenvalue weighted by atomic mass is 35.5. The predicted molar refractivity (Wildman–Crippen MR) is 136 cm³/mol. The molecule has 1 fully saturated rings. The molecule has 1 saturated carbocycles. The molecular weight excluding hydrogens is 545 g/mol. The van der Waals surface area contributed by atoms with Crippen molar-refractivity contribution in [2.75, 3.05) is 17.3 Å². The van der Waals surface area contributed by atoms with Gasteiger partial charge in [-0.1, -0.05) is 34.8 Å². The molecule has 1 aliphatic rings. The second kappa shape index (κ2) is 9.56. The molecule has 0 spiro atoms. The molecule has 2 atom stereocenters. The van der Waals surface area contributed by atoms with Gasteiger partial charge < -0.3 is 10.2 Å². The van der Waals surface area contributed by atoms with Gasteiger partial charge in [-0.15, -0.1) is 23.2 Å². The lowest BCUT2D eigenvalue weighted by molar-refractivity contribution is -0.119. The SMILES string of the molecule is CN(C(=O)C1C(c2cc(Cl)cc(Cl)c2)C1(Cl)Cl)c1ccc(Cl)c(C(=O)Nc2ccc(F)cc2)c1. The highest BCUT2D eigenvalue weighted by Gasteiger charge is 2.68. The third kappa shape index (κ3) is 5.00. The van der Waals surface area contributed by atoms with Crippen LogP contribution in [0.4, 0.5) is 15.8 Å². The molecule has 1 N–H and O–H groups in total. The molecule has 0 aromatic heterocycles. The molecule has 4 rings (SSSR count). The summed E-state index contributed by atoms with van der Waals surface area (Å²) in [4.78, 5) is 27.4. The van der Waals surface area contributed by atoms with Gasteiger partial charge in [-0.3, -0.25) is 9.59 Å². The first-order valence-corrected chi connectivity index (χ1v) is 11.9. The van der Waals surface area contributed by atoms with Crippen molar-refractivity contribution in [1.29, 1.82) is 0 Å². The maximum atomic E-state index is 13.3. The third-order valence-corrected chi connectivity index (χ3v) is 7.28. The maximum Gasteiger partial charge on any atom is 0.257 e. The van der Waals surface area contributed by atoms with Crippen LogP contribution < -0.4 is 10.2 Å². The number of rotatable bonds is 5. The Kier molecular flexibility index (Phi) is 7.05. The van der Waals surface area contributed by atoms with E-state index in [9.17, 15) is 14.0 Å². The van der Waals surface area contributed by atoms with E-state index in [4.69, 9.17) is 58.0 Å². The Morgan fingerprint density at radius 2 is 1.56 bits per heavy atom. The Balaban J connectivity index is 1.56. The molecule has 4 nitrogen and oxygen atoms in total. The number of nitrogens with one attached hydrogen (secondary N) is 1. The summed E-state index contributed by atoms with van der Waals surface area (Å²) in [6.45, 7) is 0. The lowest BCUT2D eigenvalue weighted by atomic mass is 10.1. The fourth-order valence-corrected chi connectivity index (χ4v) is 5.33. The summed E-state index contributed by atoms with van der Waals surface area (Å²) in [6.07, 6.45) is 0. The van der Waals surface area contributed by atoms with Crippen LogP contribution in [-0.2, 0) is 4.79 Å². The number of anilines is 2. The van der Waals surface area contributed by atoms with Crippen molar-refractivity contribution in [1.82, 2.24) is 0 Å². The molecule has 0 aliphatic heterocycles. The number of carbonyl (C=O) groups is 2. The molecule has 1 aliphatic carbocycles. The number of hydrogen-bond acceptors (Lipinski definition) is 2. The van der Waals surface area contributed by atoms with Crippen LogP contribution in [0.15, 0.2) is 60.7 Å². The van der Waals surface area contributed by atoms with Gasteiger partial charge in [-0.05, 0) is 66.2 Å². The van der Waals surface area contributed by atoms with Gasteiger partial charge in [0.15, 0.2) is 0 Å². The second-order valence-electron chi connectivity index (χ2n) is 7.86. The molecule has 3 aromatic rings. The Morgan fingerprint density at radius 1 is 0.941 bits per heavy atom. The van der Waals surface area contributed by atoms with Gasteiger partial charge in [0.2, 0.25) is 5.91 Å². The van der Waals surface area contributed by atoms with Gasteiger partial charge in [-0.25, -0.2) is 4.39 Å². The lowest BCUT2D eigenvalue weighted by Crippen LogP contribution is -2.30. The fraction of sp³-hybridized carbons (Fsp3) is 0.167. The molecule has 0 bridgehead atoms. The topological polar surface area (TPSA) is 49.4 Å². The second-order valence-corrected chi connectivity index (χ2v) is 10.6. The van der Waals surface area contributed by atoms with E-state index in [1.807, 2.05) is 0 Å². The van der Waals surface area contributed by atoms with Crippen molar-refractivity contribution in [2.24, 2.45) is 5.92 Å². The zero-order chi connectivity index (χ0) is 24.8. The van der Waals surface area contributed by atoms with Gasteiger partial charge in [-0.2, -0.15) is 0 Å². The summed E-state index contributed by atoms with van der Waals surface area (Å²) in [7, 11) is 1.55. The van der Waals surface area contributed by atoms with Crippen LogP contribution in [0, 0.1) is 11.7 Å². The van der Waals surface area contributed by atoms with Gasteiger partial charge in [0.25, 0.3) is 5.91 Å². The average molecular weight is 561 g/mol. The minimum Gasteiger partial charge on any atom is -0.322 e. The first kappa shape index (κ1) is 25.1. The number of carbonyl (C=O) groups excluding carboxylic acids is 2. The number of halogens is 6. The molecular formula is C24H16Cl5FN2O2. The standard InChI is InChI=1S/C24H16Cl5FN2O2/c1-32(23(34)21-20(24(21,28)29)12-8-13(25)10-14(26)9-12)17-6-7-19(27)18(11-17)22(33)31-16-4-2-15(30)3-5-16/h2-11,20-21H,1H3,(H,31,33). The molecule has 10 heteroatoms. The van der Waals surface area contributed by atoms with Gasteiger partial charge in [0.05, 0.1) is 16.5 Å². The van der Waals surface area contributed by atoms with Crippen molar-refractivity contribution in [3.05, 3.63) is 92.7 Å². The Hall–Kier alpha value is -2.02. The van der Waals surface area contributed by atoms with E-state index in [2.05, 4.69) is 5.32 Å². The van der Waals surface area contributed by atoms with Crippen LogP contribution in [0.3, 0.4) is 0 Å². The van der Waals surface area contributed by atoms with E-state index < -0.39 is 27.9 Å². The maximum absolute atomic E-state index is 13.3. The van der Waals surface area contributed by atoms with Crippen molar-refractivity contribution < 1.29 is 14.0 Å². The molecule has 34 heavy (non-hydrogen) atoms. The minimum atomic E-state index is -1.34. The number of alkyl halides is 2. The minimum absolute atomic E-state index is 0.139. The van der Waals surface area contributed by atoms with Crippen molar-refractivity contribution in [3.63, 3.8) is 0 Å². The van der Waals surface area contributed by atoms with Crippen molar-refractivity contribution in [3.8, 4) is 0 Å². The first-order chi connectivity index (χ1) is 16.0. The Bertz CT molecular complexity index is 1260. The number of hydrogen-bond donors (Lipinski definition) is 1. The van der Waals surface area contributed by atoms with E-state index in [1.165, 1.54) is 41.3 Å². The van der Waals surface area contributed by atoms with Crippen LogP contribution in [-0.4, -0.2) is 23.2 Å². The molecule has 0 heterocycles.